The number of fused-ring (bicyclic) bond motifs is 1. The van der Waals surface area contributed by atoms with Gasteiger partial charge in [0.15, 0.2) is 0 Å². The second kappa shape index (κ2) is 2.97. The maximum Gasteiger partial charge on any atom is 0.0511 e. The van der Waals surface area contributed by atoms with Gasteiger partial charge in [-0.05, 0) is 18.6 Å². The minimum absolute atomic E-state index is 1.09. The van der Waals surface area contributed by atoms with Crippen LogP contribution < -0.4 is 0 Å². The van der Waals surface area contributed by atoms with Crippen LogP contribution in [0.5, 0.6) is 0 Å². The molecule has 0 amide bonds. The Morgan fingerprint density at radius 2 is 2.33 bits per heavy atom. The van der Waals surface area contributed by atoms with Crippen molar-refractivity contribution >= 4 is 10.9 Å². The van der Waals surface area contributed by atoms with Gasteiger partial charge in [0.1, 0.15) is 0 Å². The average Bonchev–Trinajstić information content (AvgIpc) is 2.50. The van der Waals surface area contributed by atoms with Gasteiger partial charge in [0.05, 0.1) is 5.52 Å². The molecule has 2 rings (SSSR count). The zero-order valence-electron chi connectivity index (χ0n) is 7.20. The van der Waals surface area contributed by atoms with Crippen LogP contribution in [-0.2, 0) is 6.54 Å². The number of pyridine rings is 1. The van der Waals surface area contributed by atoms with Crippen LogP contribution in [-0.4, -0.2) is 9.55 Å². The summed E-state index contributed by atoms with van der Waals surface area (Å²) in [5.41, 5.74) is 1.28. The second-order valence-corrected chi connectivity index (χ2v) is 2.94. The molecule has 2 aromatic heterocycles. The van der Waals surface area contributed by atoms with Gasteiger partial charge in [0.25, 0.3) is 0 Å². The highest BCUT2D eigenvalue weighted by Crippen LogP contribution is 2.13. The minimum Gasteiger partial charge on any atom is -0.347 e. The largest absolute Gasteiger partial charge is 0.347 e. The molecule has 2 heterocycles. The lowest BCUT2D eigenvalue weighted by Gasteiger charge is -2.00. The molecule has 0 saturated carbocycles. The van der Waals surface area contributed by atoms with E-state index >= 15 is 0 Å². The maximum absolute atomic E-state index is 4.07. The molecule has 0 N–H and O–H groups in total. The molecule has 2 heteroatoms. The zero-order valence-corrected chi connectivity index (χ0v) is 7.20. The average molecular weight is 160 g/mol. The van der Waals surface area contributed by atoms with E-state index in [1.807, 2.05) is 12.4 Å². The molecule has 0 radical (unpaired) electrons. The first-order chi connectivity index (χ1) is 5.92. The third kappa shape index (κ3) is 1.09. The first kappa shape index (κ1) is 7.35. The Balaban J connectivity index is 2.55. The normalized spacial score (nSPS) is 10.8. The van der Waals surface area contributed by atoms with Gasteiger partial charge in [-0.25, -0.2) is 0 Å². The summed E-state index contributed by atoms with van der Waals surface area (Å²) in [5.74, 6) is 0. The number of hydrogen-bond acceptors (Lipinski definition) is 1. The standard InChI is InChI=1S/C10H12N2/c1-2-6-12-7-4-9-8-11-5-3-10(9)12/h3-5,7-8H,2,6H2,1H3. The number of aryl methyl sites for hydroxylation is 1. The number of aromatic nitrogens is 2. The van der Waals surface area contributed by atoms with E-state index in [0.29, 0.717) is 0 Å². The Morgan fingerprint density at radius 3 is 3.17 bits per heavy atom. The third-order valence-electron chi connectivity index (χ3n) is 2.04. The van der Waals surface area contributed by atoms with E-state index in [-0.39, 0.29) is 0 Å². The lowest BCUT2D eigenvalue weighted by molar-refractivity contribution is 0.703. The van der Waals surface area contributed by atoms with Gasteiger partial charge in [-0.3, -0.25) is 4.98 Å². The van der Waals surface area contributed by atoms with Crippen LogP contribution in [0, 0.1) is 0 Å². The summed E-state index contributed by atoms with van der Waals surface area (Å²) in [7, 11) is 0. The van der Waals surface area contributed by atoms with Crippen LogP contribution >= 0.6 is 0 Å². The van der Waals surface area contributed by atoms with E-state index < -0.39 is 0 Å². The van der Waals surface area contributed by atoms with E-state index in [9.17, 15) is 0 Å². The van der Waals surface area contributed by atoms with Crippen LogP contribution in [0.1, 0.15) is 13.3 Å². The van der Waals surface area contributed by atoms with Crippen LogP contribution in [0.4, 0.5) is 0 Å². The molecule has 0 saturated heterocycles. The van der Waals surface area contributed by atoms with Crippen molar-refractivity contribution in [1.82, 2.24) is 9.55 Å². The minimum atomic E-state index is 1.09. The molecular weight excluding hydrogens is 148 g/mol. The van der Waals surface area contributed by atoms with Gasteiger partial charge in [0.2, 0.25) is 0 Å². The fourth-order valence-electron chi connectivity index (χ4n) is 1.48. The van der Waals surface area contributed by atoms with E-state index in [2.05, 4.69) is 34.8 Å². The first-order valence-electron chi connectivity index (χ1n) is 4.30. The quantitative estimate of drug-likeness (QED) is 0.659. The predicted molar refractivity (Wildman–Crippen MR) is 50.0 cm³/mol. The molecule has 0 aliphatic carbocycles. The Morgan fingerprint density at radius 1 is 1.42 bits per heavy atom. The molecule has 2 nitrogen and oxygen atoms in total. The van der Waals surface area contributed by atoms with Crippen molar-refractivity contribution in [2.75, 3.05) is 0 Å². The molecule has 0 bridgehead atoms. The number of rotatable bonds is 2. The van der Waals surface area contributed by atoms with E-state index in [0.717, 1.165) is 6.54 Å². The highest BCUT2D eigenvalue weighted by atomic mass is 14.9. The third-order valence-corrected chi connectivity index (χ3v) is 2.04. The summed E-state index contributed by atoms with van der Waals surface area (Å²) in [6.07, 6.45) is 7.04. The summed E-state index contributed by atoms with van der Waals surface area (Å²) in [5, 5.41) is 1.23. The van der Waals surface area contributed by atoms with Crippen molar-refractivity contribution in [1.29, 1.82) is 0 Å². The van der Waals surface area contributed by atoms with Crippen molar-refractivity contribution in [3.05, 3.63) is 30.7 Å². The molecule has 0 aliphatic heterocycles. The molecule has 0 aliphatic rings. The molecule has 0 unspecified atom stereocenters. The second-order valence-electron chi connectivity index (χ2n) is 2.94. The van der Waals surface area contributed by atoms with Crippen LogP contribution in [0.25, 0.3) is 10.9 Å². The zero-order chi connectivity index (χ0) is 8.39. The molecule has 0 fully saturated rings. The summed E-state index contributed by atoms with van der Waals surface area (Å²) in [6.45, 7) is 3.28. The topological polar surface area (TPSA) is 17.8 Å². The van der Waals surface area contributed by atoms with Gasteiger partial charge < -0.3 is 4.57 Å². The fourth-order valence-corrected chi connectivity index (χ4v) is 1.48. The van der Waals surface area contributed by atoms with Gasteiger partial charge >= 0.3 is 0 Å². The van der Waals surface area contributed by atoms with Gasteiger partial charge in [0, 0.05) is 30.5 Å². The molecule has 12 heavy (non-hydrogen) atoms. The molecule has 0 aromatic carbocycles. The van der Waals surface area contributed by atoms with Crippen molar-refractivity contribution < 1.29 is 0 Å². The van der Waals surface area contributed by atoms with Gasteiger partial charge in [-0.2, -0.15) is 0 Å². The lowest BCUT2D eigenvalue weighted by Crippen LogP contribution is -1.93. The van der Waals surface area contributed by atoms with Crippen LogP contribution in [0.3, 0.4) is 0 Å². The molecule has 62 valence electrons. The summed E-state index contributed by atoms with van der Waals surface area (Å²) in [6, 6.07) is 4.17. The maximum atomic E-state index is 4.07. The smallest absolute Gasteiger partial charge is 0.0511 e. The van der Waals surface area contributed by atoms with Crippen molar-refractivity contribution in [3.8, 4) is 0 Å². The first-order valence-corrected chi connectivity index (χ1v) is 4.30. The SMILES string of the molecule is CCCn1ccc2cnccc21. The van der Waals surface area contributed by atoms with Gasteiger partial charge in [-0.15, -0.1) is 0 Å². The van der Waals surface area contributed by atoms with Crippen molar-refractivity contribution in [2.24, 2.45) is 0 Å². The summed E-state index contributed by atoms with van der Waals surface area (Å²) in [4.78, 5) is 4.07. The number of hydrogen-bond donors (Lipinski definition) is 0. The number of nitrogens with zero attached hydrogens (tertiary/aromatic N) is 2. The lowest BCUT2D eigenvalue weighted by atomic mass is 10.3. The van der Waals surface area contributed by atoms with Crippen LogP contribution in [0.15, 0.2) is 30.7 Å². The summed E-state index contributed by atoms with van der Waals surface area (Å²) >= 11 is 0. The van der Waals surface area contributed by atoms with Crippen molar-refractivity contribution in [2.45, 2.75) is 19.9 Å². The fraction of sp³-hybridized carbons (Fsp3) is 0.300. The molecule has 2 aromatic rings. The summed E-state index contributed by atoms with van der Waals surface area (Å²) < 4.78 is 2.26. The molecule has 0 spiro atoms. The van der Waals surface area contributed by atoms with E-state index in [4.69, 9.17) is 0 Å². The highest BCUT2D eigenvalue weighted by Gasteiger charge is 1.97. The monoisotopic (exact) mass is 160 g/mol. The molecular formula is C10H12N2. The van der Waals surface area contributed by atoms with Crippen LogP contribution in [0.2, 0.25) is 0 Å². The Hall–Kier alpha value is -1.31. The Kier molecular flexibility index (Phi) is 1.82. The van der Waals surface area contributed by atoms with Crippen molar-refractivity contribution in [3.63, 3.8) is 0 Å². The highest BCUT2D eigenvalue weighted by molar-refractivity contribution is 5.78. The molecule has 0 atom stereocenters. The Bertz CT molecular complexity index is 376. The van der Waals surface area contributed by atoms with E-state index in [1.54, 1.807) is 0 Å². The van der Waals surface area contributed by atoms with Gasteiger partial charge in [-0.1, -0.05) is 6.92 Å². The Labute approximate surface area is 71.8 Å². The van der Waals surface area contributed by atoms with E-state index in [1.165, 1.54) is 17.3 Å². The predicted octanol–water partition coefficient (Wildman–Crippen LogP) is 2.45.